The maximum absolute atomic E-state index is 13.2. The van der Waals surface area contributed by atoms with Gasteiger partial charge in [-0.25, -0.2) is 0 Å². The summed E-state index contributed by atoms with van der Waals surface area (Å²) in [6.45, 7) is 0.299. The van der Waals surface area contributed by atoms with Gasteiger partial charge in [-0.15, -0.1) is 24.3 Å². The monoisotopic (exact) mass is 840 g/mol. The Morgan fingerprint density at radius 2 is 1.04 bits per heavy atom. The second-order valence-corrected chi connectivity index (χ2v) is 10.2. The van der Waals surface area contributed by atoms with Gasteiger partial charge in [0.1, 0.15) is 0 Å². The first kappa shape index (κ1) is 36.4. The van der Waals surface area contributed by atoms with Crippen molar-refractivity contribution in [3.8, 4) is 33.9 Å². The van der Waals surface area contributed by atoms with Crippen LogP contribution in [0.2, 0.25) is 0 Å². The maximum atomic E-state index is 13.2. The van der Waals surface area contributed by atoms with Crippen LogP contribution in [0.15, 0.2) is 116 Å². The average molecular weight is 840 g/mol. The van der Waals surface area contributed by atoms with Gasteiger partial charge in [0.05, 0.1) is 17.9 Å². The van der Waals surface area contributed by atoms with E-state index in [0.717, 1.165) is 41.2 Å². The van der Waals surface area contributed by atoms with Gasteiger partial charge < -0.3 is 9.97 Å². The third kappa shape index (κ3) is 10.0. The molecule has 1 aliphatic heterocycles. The van der Waals surface area contributed by atoms with Gasteiger partial charge >= 0.3 is 0 Å². The summed E-state index contributed by atoms with van der Waals surface area (Å²) < 4.78 is 51.6. The van der Waals surface area contributed by atoms with Crippen LogP contribution in [-0.2, 0) is 36.2 Å². The number of amides is 2. The third-order valence-corrected chi connectivity index (χ3v) is 6.81. The molecule has 0 bridgehead atoms. The van der Waals surface area contributed by atoms with Gasteiger partial charge in [0, 0.05) is 81.0 Å². The fraction of sp³-hybridized carbons (Fsp3) is 0.0811. The molecule has 1 radical (unpaired) electrons. The molecule has 1 aliphatic rings. The number of imide groups is 1. The summed E-state index contributed by atoms with van der Waals surface area (Å²) in [5, 5.41) is 0. The summed E-state index contributed by atoms with van der Waals surface area (Å²) in [4.78, 5) is 40.8. The summed E-state index contributed by atoms with van der Waals surface area (Å²) in [5.74, 6) is -2.79. The van der Waals surface area contributed by atoms with Gasteiger partial charge in [-0.3, -0.25) is 42.0 Å². The first-order chi connectivity index (χ1) is 23.3. The molecule has 1 saturated heterocycles. The second kappa shape index (κ2) is 17.6. The van der Waals surface area contributed by atoms with Crippen molar-refractivity contribution in [2.24, 2.45) is 0 Å². The van der Waals surface area contributed by atoms with Crippen LogP contribution in [0.25, 0.3) is 33.9 Å². The molecule has 5 heterocycles. The molecule has 6 aromatic rings. The molecule has 7 rings (SSSR count). The molecule has 2 aromatic carbocycles. The largest absolute Gasteiger partial charge is 0.305 e. The van der Waals surface area contributed by atoms with Crippen molar-refractivity contribution in [2.75, 3.05) is 0 Å². The van der Waals surface area contributed by atoms with Crippen molar-refractivity contribution < 1.29 is 47.3 Å². The minimum absolute atomic E-state index is 0. The van der Waals surface area contributed by atoms with Crippen molar-refractivity contribution in [1.82, 2.24) is 24.8 Å². The first-order valence-corrected chi connectivity index (χ1v) is 14.5. The predicted molar refractivity (Wildman–Crippen MR) is 169 cm³/mol. The molecule has 0 N–H and O–H groups in total. The molecule has 0 saturated carbocycles. The van der Waals surface area contributed by atoms with Crippen molar-refractivity contribution in [3.05, 3.63) is 157 Å². The number of carbonyl (C=O) groups is 2. The van der Waals surface area contributed by atoms with Crippen molar-refractivity contribution in [1.29, 1.82) is 0 Å². The molecular formula is C37H25F4IrN5O2-2. The van der Waals surface area contributed by atoms with Crippen molar-refractivity contribution in [2.45, 2.75) is 19.4 Å². The molecule has 2 amide bonds. The Morgan fingerprint density at radius 1 is 0.592 bits per heavy atom. The molecule has 7 nitrogen and oxygen atoms in total. The van der Waals surface area contributed by atoms with Gasteiger partial charge in [0.25, 0.3) is 0 Å². The number of benzene rings is 2. The smallest absolute Gasteiger partial charge is 0.229 e. The Hall–Kier alpha value is -5.45. The van der Waals surface area contributed by atoms with Gasteiger partial charge in [0.2, 0.25) is 11.8 Å². The quantitative estimate of drug-likeness (QED) is 0.102. The first-order valence-electron chi connectivity index (χ1n) is 14.5. The van der Waals surface area contributed by atoms with E-state index in [1.807, 2.05) is 30.3 Å². The number of carbonyl (C=O) groups excluding carboxylic acids is 2. The van der Waals surface area contributed by atoms with E-state index in [0.29, 0.717) is 30.8 Å². The summed E-state index contributed by atoms with van der Waals surface area (Å²) in [6.07, 6.45) is 7.13. The molecule has 0 aliphatic carbocycles. The topological polar surface area (TPSA) is 88.9 Å². The van der Waals surface area contributed by atoms with Gasteiger partial charge in [-0.1, -0.05) is 59.7 Å². The van der Waals surface area contributed by atoms with Crippen molar-refractivity contribution >= 4 is 11.8 Å². The van der Waals surface area contributed by atoms with Gasteiger partial charge in [-0.05, 0) is 47.3 Å². The third-order valence-electron chi connectivity index (χ3n) is 6.81. The van der Waals surface area contributed by atoms with Crippen LogP contribution >= 0.6 is 0 Å². The molecule has 4 aromatic heterocycles. The summed E-state index contributed by atoms with van der Waals surface area (Å²) in [5.41, 5.74) is 3.68. The molecule has 49 heavy (non-hydrogen) atoms. The number of hydrogen-bond donors (Lipinski definition) is 0. The summed E-state index contributed by atoms with van der Waals surface area (Å²) >= 11 is 0. The van der Waals surface area contributed by atoms with E-state index in [2.05, 4.69) is 32.1 Å². The van der Waals surface area contributed by atoms with E-state index in [1.54, 1.807) is 61.2 Å². The standard InChI is InChI=1S/C15H13N3O2.2C11H6F2N.Ir/c19-14-6-7-15(20)18(14)10-11-4-5-13(17-9-11)12-3-1-2-8-16-12;2*12-8-4-5-9(10(13)7-8)11-3-1-2-6-14-11;/h1-5,8-9H,6-7,10H2;2*1-4,6-7H;/q;2*-1;. The predicted octanol–water partition coefficient (Wildman–Crippen LogP) is 7.44. The van der Waals surface area contributed by atoms with Crippen LogP contribution in [0.1, 0.15) is 18.4 Å². The van der Waals surface area contributed by atoms with Crippen LogP contribution in [0.3, 0.4) is 0 Å². The number of likely N-dealkylation sites (tertiary alicyclic amines) is 1. The molecule has 12 heteroatoms. The van der Waals surface area contributed by atoms with Crippen LogP contribution in [-0.4, -0.2) is 36.7 Å². The Kier molecular flexibility index (Phi) is 13.1. The number of hydrogen-bond acceptors (Lipinski definition) is 6. The number of nitrogens with zero attached hydrogens (tertiary/aromatic N) is 5. The molecule has 0 spiro atoms. The Labute approximate surface area is 293 Å². The molecule has 0 atom stereocenters. The SMILES string of the molecule is Fc1c[c-]c(-c2ccccn2)c(F)c1.Fc1c[c-]c(-c2ccccn2)c(F)c1.O=C1CCC(=O)N1Cc1ccc(-c2ccccn2)nc1.[Ir]. The molecule has 249 valence electrons. The van der Waals surface area contributed by atoms with E-state index in [4.69, 9.17) is 0 Å². The summed E-state index contributed by atoms with van der Waals surface area (Å²) in [6, 6.07) is 28.4. The second-order valence-electron chi connectivity index (χ2n) is 10.2. The summed E-state index contributed by atoms with van der Waals surface area (Å²) in [7, 11) is 0. The zero-order chi connectivity index (χ0) is 33.9. The van der Waals surface area contributed by atoms with Crippen LogP contribution in [0.4, 0.5) is 17.6 Å². The minimum atomic E-state index is -0.649. The van der Waals surface area contributed by atoms with Crippen LogP contribution in [0.5, 0.6) is 0 Å². The number of pyridine rings is 4. The number of halogens is 4. The zero-order valence-corrected chi connectivity index (χ0v) is 27.9. The average Bonchev–Trinajstić information content (AvgIpc) is 3.42. The van der Waals surface area contributed by atoms with Gasteiger partial charge in [0.15, 0.2) is 0 Å². The van der Waals surface area contributed by atoms with Gasteiger partial charge in [-0.2, -0.15) is 0 Å². The van der Waals surface area contributed by atoms with Crippen molar-refractivity contribution in [3.63, 3.8) is 0 Å². The van der Waals surface area contributed by atoms with Crippen LogP contribution < -0.4 is 0 Å². The fourth-order valence-electron chi connectivity index (χ4n) is 4.47. The molecule has 0 unspecified atom stereocenters. The normalized spacial score (nSPS) is 11.9. The number of rotatable bonds is 5. The van der Waals surface area contributed by atoms with E-state index < -0.39 is 23.3 Å². The Morgan fingerprint density at radius 3 is 1.43 bits per heavy atom. The molecular weight excluding hydrogens is 815 g/mol. The molecule has 1 fully saturated rings. The Bertz CT molecular complexity index is 1890. The van der Waals surface area contributed by atoms with E-state index >= 15 is 0 Å². The number of aromatic nitrogens is 4. The fourth-order valence-corrected chi connectivity index (χ4v) is 4.47. The Balaban J connectivity index is 0.000000168. The van der Waals surface area contributed by atoms with E-state index in [-0.39, 0.29) is 43.0 Å². The van der Waals surface area contributed by atoms with E-state index in [1.165, 1.54) is 4.90 Å². The minimum Gasteiger partial charge on any atom is -0.305 e. The zero-order valence-electron chi connectivity index (χ0n) is 25.5. The maximum Gasteiger partial charge on any atom is 0.229 e. The van der Waals surface area contributed by atoms with E-state index in [9.17, 15) is 27.2 Å². The van der Waals surface area contributed by atoms with Crippen LogP contribution in [0, 0.1) is 35.4 Å².